The average molecular weight is 510 g/mol. The fourth-order valence-electron chi connectivity index (χ4n) is 4.62. The second kappa shape index (κ2) is 10.8. The van der Waals surface area contributed by atoms with Gasteiger partial charge in [-0.3, -0.25) is 9.69 Å². The molecule has 1 fully saturated rings. The first-order chi connectivity index (χ1) is 18.3. The number of hydrogen-bond donors (Lipinski definition) is 0. The minimum atomic E-state index is -0.164. The summed E-state index contributed by atoms with van der Waals surface area (Å²) in [6, 6.07) is 21.9. The molecule has 2 aromatic heterocycles. The molecule has 0 aliphatic carbocycles. The Labute approximate surface area is 224 Å². The van der Waals surface area contributed by atoms with E-state index in [1.165, 1.54) is 5.56 Å². The number of methoxy groups -OCH3 is 1. The van der Waals surface area contributed by atoms with Gasteiger partial charge in [0.15, 0.2) is 5.65 Å². The number of carbonyl (C=O) groups is 1. The Morgan fingerprint density at radius 3 is 2.45 bits per heavy atom. The molecule has 5 rings (SSSR count). The molecule has 4 aromatic rings. The number of benzene rings is 2. The summed E-state index contributed by atoms with van der Waals surface area (Å²) in [5, 5.41) is 4.82. The van der Waals surface area contributed by atoms with Gasteiger partial charge in [-0.2, -0.15) is 5.10 Å². The standard InChI is InChI=1S/C31H35N5O2/c1-31(2,3)28-22-29-32-26(24-13-8-14-25(20-24)38-4)21-27(36(29)33-28)30(37)35-18-16-34(17-19-35)15-9-12-23-10-6-5-7-11-23/h5-14,20-22H,15-19H2,1-4H3/b12-9+. The second-order valence-corrected chi connectivity index (χ2v) is 10.7. The van der Waals surface area contributed by atoms with Crippen LogP contribution in [0.4, 0.5) is 0 Å². The topological polar surface area (TPSA) is 63.0 Å². The Morgan fingerprint density at radius 1 is 0.974 bits per heavy atom. The number of fused-ring (bicyclic) bond motifs is 1. The first-order valence-electron chi connectivity index (χ1n) is 13.1. The van der Waals surface area contributed by atoms with Crippen LogP contribution in [0.1, 0.15) is 42.5 Å². The summed E-state index contributed by atoms with van der Waals surface area (Å²) in [5.74, 6) is 0.725. The van der Waals surface area contributed by atoms with Crippen molar-refractivity contribution in [3.8, 4) is 17.0 Å². The molecule has 7 heteroatoms. The molecule has 0 radical (unpaired) electrons. The number of piperazine rings is 1. The third-order valence-corrected chi connectivity index (χ3v) is 6.91. The van der Waals surface area contributed by atoms with Crippen molar-refractivity contribution in [2.75, 3.05) is 39.8 Å². The number of amides is 1. The van der Waals surface area contributed by atoms with Crippen LogP contribution < -0.4 is 4.74 Å². The Kier molecular flexibility index (Phi) is 7.29. The number of ether oxygens (including phenoxy) is 1. The monoisotopic (exact) mass is 509 g/mol. The van der Waals surface area contributed by atoms with Gasteiger partial charge in [0.1, 0.15) is 11.4 Å². The average Bonchev–Trinajstić information content (AvgIpc) is 3.38. The number of carbonyl (C=O) groups excluding carboxylic acids is 1. The molecule has 2 aromatic carbocycles. The van der Waals surface area contributed by atoms with Crippen LogP contribution in [0.3, 0.4) is 0 Å². The van der Waals surface area contributed by atoms with E-state index in [9.17, 15) is 4.79 Å². The summed E-state index contributed by atoms with van der Waals surface area (Å²) in [5.41, 5.74) is 4.76. The number of rotatable bonds is 6. The van der Waals surface area contributed by atoms with Crippen LogP contribution in [0.15, 0.2) is 72.8 Å². The minimum Gasteiger partial charge on any atom is -0.497 e. The SMILES string of the molecule is COc1cccc(-c2cc(C(=O)N3CCN(C/C=C/c4ccccc4)CC3)n3nc(C(C)(C)C)cc3n2)c1. The summed E-state index contributed by atoms with van der Waals surface area (Å²) in [6.45, 7) is 10.2. The van der Waals surface area contributed by atoms with Crippen molar-refractivity contribution < 1.29 is 9.53 Å². The molecule has 0 N–H and O–H groups in total. The lowest BCUT2D eigenvalue weighted by atomic mass is 9.93. The van der Waals surface area contributed by atoms with Crippen LogP contribution >= 0.6 is 0 Å². The van der Waals surface area contributed by atoms with Gasteiger partial charge in [0.25, 0.3) is 5.91 Å². The molecule has 1 aliphatic rings. The smallest absolute Gasteiger partial charge is 0.272 e. The van der Waals surface area contributed by atoms with Crippen LogP contribution in [0.2, 0.25) is 0 Å². The van der Waals surface area contributed by atoms with Crippen molar-refractivity contribution in [1.82, 2.24) is 24.4 Å². The minimum absolute atomic E-state index is 0.0235. The molecule has 0 atom stereocenters. The highest BCUT2D eigenvalue weighted by molar-refractivity contribution is 5.94. The van der Waals surface area contributed by atoms with Crippen LogP contribution in [0.25, 0.3) is 23.0 Å². The Morgan fingerprint density at radius 2 is 1.74 bits per heavy atom. The molecule has 0 spiro atoms. The predicted octanol–water partition coefficient (Wildman–Crippen LogP) is 5.17. The Bertz CT molecular complexity index is 1440. The predicted molar refractivity (Wildman–Crippen MR) is 151 cm³/mol. The lowest BCUT2D eigenvalue weighted by Gasteiger charge is -2.34. The fraction of sp³-hybridized carbons (Fsp3) is 0.323. The van der Waals surface area contributed by atoms with Crippen molar-refractivity contribution in [1.29, 1.82) is 0 Å². The zero-order valence-electron chi connectivity index (χ0n) is 22.6. The molecule has 196 valence electrons. The van der Waals surface area contributed by atoms with E-state index in [2.05, 4.69) is 50.0 Å². The van der Waals surface area contributed by atoms with Gasteiger partial charge in [-0.25, -0.2) is 9.50 Å². The normalized spacial score (nSPS) is 14.9. The summed E-state index contributed by atoms with van der Waals surface area (Å²) < 4.78 is 7.13. The molecular weight excluding hydrogens is 474 g/mol. The zero-order chi connectivity index (χ0) is 26.7. The largest absolute Gasteiger partial charge is 0.497 e. The summed E-state index contributed by atoms with van der Waals surface area (Å²) in [6.07, 6.45) is 4.34. The molecule has 1 aliphatic heterocycles. The van der Waals surface area contributed by atoms with Gasteiger partial charge >= 0.3 is 0 Å². The fourth-order valence-corrected chi connectivity index (χ4v) is 4.62. The number of nitrogens with zero attached hydrogens (tertiary/aromatic N) is 5. The quantitative estimate of drug-likeness (QED) is 0.359. The van der Waals surface area contributed by atoms with Gasteiger partial charge in [0.2, 0.25) is 0 Å². The first kappa shape index (κ1) is 25.7. The third kappa shape index (κ3) is 5.63. The second-order valence-electron chi connectivity index (χ2n) is 10.7. The summed E-state index contributed by atoms with van der Waals surface area (Å²) >= 11 is 0. The first-order valence-corrected chi connectivity index (χ1v) is 13.1. The Balaban J connectivity index is 1.38. The van der Waals surface area contributed by atoms with Crippen molar-refractivity contribution in [3.63, 3.8) is 0 Å². The van der Waals surface area contributed by atoms with Crippen LogP contribution in [-0.2, 0) is 5.41 Å². The van der Waals surface area contributed by atoms with Gasteiger partial charge < -0.3 is 9.64 Å². The van der Waals surface area contributed by atoms with Gasteiger partial charge in [-0.1, -0.05) is 75.4 Å². The molecule has 38 heavy (non-hydrogen) atoms. The van der Waals surface area contributed by atoms with E-state index < -0.39 is 0 Å². The molecule has 1 saturated heterocycles. The van der Waals surface area contributed by atoms with Gasteiger partial charge in [-0.15, -0.1) is 0 Å². The van der Waals surface area contributed by atoms with Crippen molar-refractivity contribution in [3.05, 3.63) is 89.8 Å². The maximum absolute atomic E-state index is 13.9. The van der Waals surface area contributed by atoms with E-state index in [4.69, 9.17) is 14.8 Å². The summed E-state index contributed by atoms with van der Waals surface area (Å²) in [4.78, 5) is 23.0. The summed E-state index contributed by atoms with van der Waals surface area (Å²) in [7, 11) is 1.65. The maximum atomic E-state index is 13.9. The highest BCUT2D eigenvalue weighted by Crippen LogP contribution is 2.27. The van der Waals surface area contributed by atoms with E-state index in [1.54, 1.807) is 11.6 Å². The molecule has 0 saturated carbocycles. The molecule has 0 bridgehead atoms. The van der Waals surface area contributed by atoms with Gasteiger partial charge in [-0.05, 0) is 23.8 Å². The molecule has 1 amide bonds. The third-order valence-electron chi connectivity index (χ3n) is 6.91. The van der Waals surface area contributed by atoms with Gasteiger partial charge in [0, 0.05) is 49.8 Å². The highest BCUT2D eigenvalue weighted by Gasteiger charge is 2.27. The van der Waals surface area contributed by atoms with Crippen molar-refractivity contribution >= 4 is 17.6 Å². The molecular formula is C31H35N5O2. The van der Waals surface area contributed by atoms with E-state index in [0.717, 1.165) is 42.3 Å². The van der Waals surface area contributed by atoms with E-state index in [-0.39, 0.29) is 11.3 Å². The van der Waals surface area contributed by atoms with Gasteiger partial charge in [0.05, 0.1) is 18.5 Å². The highest BCUT2D eigenvalue weighted by atomic mass is 16.5. The van der Waals surface area contributed by atoms with Crippen molar-refractivity contribution in [2.24, 2.45) is 0 Å². The number of aromatic nitrogens is 3. The Hall–Kier alpha value is -3.97. The number of hydrogen-bond acceptors (Lipinski definition) is 5. The maximum Gasteiger partial charge on any atom is 0.272 e. The molecule has 0 unspecified atom stereocenters. The molecule has 3 heterocycles. The molecule has 7 nitrogen and oxygen atoms in total. The van der Waals surface area contributed by atoms with Crippen LogP contribution in [0, 0.1) is 0 Å². The zero-order valence-corrected chi connectivity index (χ0v) is 22.6. The van der Waals surface area contributed by atoms with Crippen LogP contribution in [0.5, 0.6) is 5.75 Å². The lowest BCUT2D eigenvalue weighted by molar-refractivity contribution is 0.0641. The van der Waals surface area contributed by atoms with E-state index in [0.29, 0.717) is 24.4 Å². The van der Waals surface area contributed by atoms with E-state index >= 15 is 0 Å². The van der Waals surface area contributed by atoms with Crippen molar-refractivity contribution in [2.45, 2.75) is 26.2 Å². The van der Waals surface area contributed by atoms with E-state index in [1.807, 2.05) is 59.5 Å². The van der Waals surface area contributed by atoms with Crippen LogP contribution in [-0.4, -0.2) is 70.1 Å². The lowest BCUT2D eigenvalue weighted by Crippen LogP contribution is -2.49.